The van der Waals surface area contributed by atoms with E-state index in [4.69, 9.17) is 16.3 Å². The molecule has 2 amide bonds. The fourth-order valence-electron chi connectivity index (χ4n) is 1.34. The van der Waals surface area contributed by atoms with Gasteiger partial charge in [0.05, 0.1) is 10.6 Å². The number of hydrogen-bond acceptors (Lipinski definition) is 3. The molecule has 1 aromatic carbocycles. The third-order valence-electron chi connectivity index (χ3n) is 2.16. The molecule has 0 saturated heterocycles. The van der Waals surface area contributed by atoms with Gasteiger partial charge in [0.1, 0.15) is 6.61 Å². The van der Waals surface area contributed by atoms with Gasteiger partial charge < -0.3 is 15.0 Å². The molecule has 0 saturated carbocycles. The number of amides is 2. The second kappa shape index (κ2) is 6.37. The van der Waals surface area contributed by atoms with Gasteiger partial charge in [-0.3, -0.25) is 9.59 Å². The van der Waals surface area contributed by atoms with E-state index in [1.807, 2.05) is 0 Å². The van der Waals surface area contributed by atoms with E-state index in [1.165, 1.54) is 18.1 Å². The fourth-order valence-corrected chi connectivity index (χ4v) is 1.53. The monoisotopic (exact) mass is 270 g/mol. The van der Waals surface area contributed by atoms with Crippen molar-refractivity contribution in [2.45, 2.75) is 0 Å². The first-order chi connectivity index (χ1) is 8.45. The molecule has 0 aliphatic heterocycles. The number of ether oxygens (including phenoxy) is 1. The van der Waals surface area contributed by atoms with Crippen molar-refractivity contribution in [1.29, 1.82) is 0 Å². The lowest BCUT2D eigenvalue weighted by molar-refractivity contribution is -0.119. The maximum atomic E-state index is 11.8. The van der Waals surface area contributed by atoms with Crippen molar-refractivity contribution in [3.63, 3.8) is 0 Å². The summed E-state index contributed by atoms with van der Waals surface area (Å²) in [6.45, 7) is -0.0421. The van der Waals surface area contributed by atoms with Crippen molar-refractivity contribution >= 4 is 29.1 Å². The van der Waals surface area contributed by atoms with E-state index in [9.17, 15) is 9.59 Å². The van der Waals surface area contributed by atoms with Crippen LogP contribution in [-0.4, -0.2) is 44.5 Å². The van der Waals surface area contributed by atoms with E-state index in [1.54, 1.807) is 26.2 Å². The molecule has 0 spiro atoms. The lowest BCUT2D eigenvalue weighted by atomic mass is 10.1. The van der Waals surface area contributed by atoms with Crippen LogP contribution in [0.5, 0.6) is 0 Å². The number of carbonyl (C=O) groups excluding carboxylic acids is 2. The van der Waals surface area contributed by atoms with Crippen molar-refractivity contribution in [1.82, 2.24) is 4.90 Å². The summed E-state index contributed by atoms with van der Waals surface area (Å²) in [5.41, 5.74) is 0.850. The number of halogens is 1. The highest BCUT2D eigenvalue weighted by molar-refractivity contribution is 6.34. The Bertz CT molecular complexity index is 461. The fraction of sp³-hybridized carbons (Fsp3) is 0.333. The average Bonchev–Trinajstić information content (AvgIpc) is 2.31. The van der Waals surface area contributed by atoms with Gasteiger partial charge in [-0.15, -0.1) is 0 Å². The van der Waals surface area contributed by atoms with Crippen LogP contribution in [0.2, 0.25) is 5.02 Å². The molecular weight excluding hydrogens is 256 g/mol. The van der Waals surface area contributed by atoms with E-state index < -0.39 is 0 Å². The molecule has 1 aromatic rings. The Balaban J connectivity index is 2.94. The minimum absolute atomic E-state index is 0.0421. The molecule has 5 nitrogen and oxygen atoms in total. The van der Waals surface area contributed by atoms with Crippen LogP contribution in [0.1, 0.15) is 10.4 Å². The predicted octanol–water partition coefficient (Wildman–Crippen LogP) is 1.63. The number of nitrogens with one attached hydrogen (secondary N) is 1. The van der Waals surface area contributed by atoms with E-state index >= 15 is 0 Å². The van der Waals surface area contributed by atoms with Crippen LogP contribution >= 0.6 is 11.6 Å². The van der Waals surface area contributed by atoms with Gasteiger partial charge in [-0.2, -0.15) is 0 Å². The van der Waals surface area contributed by atoms with E-state index in [2.05, 4.69) is 5.32 Å². The molecule has 0 atom stereocenters. The van der Waals surface area contributed by atoms with Gasteiger partial charge in [0, 0.05) is 26.9 Å². The van der Waals surface area contributed by atoms with Crippen LogP contribution < -0.4 is 5.32 Å². The Labute approximate surface area is 111 Å². The number of rotatable bonds is 4. The molecule has 6 heteroatoms. The average molecular weight is 271 g/mol. The summed E-state index contributed by atoms with van der Waals surface area (Å²) >= 11 is 5.95. The van der Waals surface area contributed by atoms with Gasteiger partial charge in [-0.05, 0) is 18.2 Å². The highest BCUT2D eigenvalue weighted by Crippen LogP contribution is 2.21. The first kappa shape index (κ1) is 14.5. The van der Waals surface area contributed by atoms with Crippen LogP contribution in [0.4, 0.5) is 5.69 Å². The molecule has 0 radical (unpaired) electrons. The third-order valence-corrected chi connectivity index (χ3v) is 2.49. The zero-order valence-corrected chi connectivity index (χ0v) is 11.2. The van der Waals surface area contributed by atoms with Gasteiger partial charge in [0.15, 0.2) is 0 Å². The van der Waals surface area contributed by atoms with Crippen LogP contribution in [0.3, 0.4) is 0 Å². The lowest BCUT2D eigenvalue weighted by Gasteiger charge is -2.13. The Kier molecular flexibility index (Phi) is 5.12. The van der Waals surface area contributed by atoms with Crippen LogP contribution in [0, 0.1) is 0 Å². The molecule has 0 aliphatic rings. The Morgan fingerprint density at radius 2 is 2.06 bits per heavy atom. The molecule has 0 fully saturated rings. The van der Waals surface area contributed by atoms with E-state index in [0.29, 0.717) is 16.3 Å². The second-order valence-electron chi connectivity index (χ2n) is 3.88. The van der Waals surface area contributed by atoms with Gasteiger partial charge >= 0.3 is 0 Å². The molecule has 0 unspecified atom stereocenters. The van der Waals surface area contributed by atoms with Crippen LogP contribution in [0.25, 0.3) is 0 Å². The topological polar surface area (TPSA) is 58.6 Å². The molecule has 18 heavy (non-hydrogen) atoms. The van der Waals surface area contributed by atoms with Crippen LogP contribution in [-0.2, 0) is 9.53 Å². The molecule has 0 aromatic heterocycles. The number of benzene rings is 1. The van der Waals surface area contributed by atoms with Crippen molar-refractivity contribution in [2.24, 2.45) is 0 Å². The first-order valence-electron chi connectivity index (χ1n) is 5.25. The lowest BCUT2D eigenvalue weighted by Crippen LogP contribution is -2.22. The summed E-state index contributed by atoms with van der Waals surface area (Å²) in [4.78, 5) is 24.6. The normalized spacial score (nSPS) is 10.0. The maximum Gasteiger partial charge on any atom is 0.254 e. The van der Waals surface area contributed by atoms with Gasteiger partial charge in [0.25, 0.3) is 5.91 Å². The van der Waals surface area contributed by atoms with E-state index in [0.717, 1.165) is 0 Å². The molecule has 0 aliphatic carbocycles. The van der Waals surface area contributed by atoms with Crippen molar-refractivity contribution in [2.75, 3.05) is 33.1 Å². The summed E-state index contributed by atoms with van der Waals surface area (Å²) in [6.07, 6.45) is 0. The Morgan fingerprint density at radius 1 is 1.39 bits per heavy atom. The summed E-state index contributed by atoms with van der Waals surface area (Å²) in [6, 6.07) is 4.74. The highest BCUT2D eigenvalue weighted by atomic mass is 35.5. The molecule has 1 rings (SSSR count). The number of carbonyl (C=O) groups is 2. The van der Waals surface area contributed by atoms with Gasteiger partial charge in [0.2, 0.25) is 5.91 Å². The predicted molar refractivity (Wildman–Crippen MR) is 70.0 cm³/mol. The van der Waals surface area contributed by atoms with Crippen molar-refractivity contribution in [3.05, 3.63) is 28.8 Å². The standard InChI is InChI=1S/C12H15ClN2O3/c1-15(2)12(17)9-6-8(4-5-10(9)13)14-11(16)7-18-3/h4-6H,7H2,1-3H3,(H,14,16). The first-order valence-corrected chi connectivity index (χ1v) is 5.63. The second-order valence-corrected chi connectivity index (χ2v) is 4.28. The van der Waals surface area contributed by atoms with Gasteiger partial charge in [-0.1, -0.05) is 11.6 Å². The molecule has 1 N–H and O–H groups in total. The van der Waals surface area contributed by atoms with Gasteiger partial charge in [-0.25, -0.2) is 0 Å². The SMILES string of the molecule is COCC(=O)Nc1ccc(Cl)c(C(=O)N(C)C)c1. The summed E-state index contributed by atoms with van der Waals surface area (Å²) in [5.74, 6) is -0.508. The molecular formula is C12H15ClN2O3. The number of anilines is 1. The molecule has 98 valence electrons. The zero-order chi connectivity index (χ0) is 13.7. The minimum atomic E-state index is -0.289. The zero-order valence-electron chi connectivity index (χ0n) is 10.5. The largest absolute Gasteiger partial charge is 0.375 e. The van der Waals surface area contributed by atoms with Crippen LogP contribution in [0.15, 0.2) is 18.2 Å². The highest BCUT2D eigenvalue weighted by Gasteiger charge is 2.13. The minimum Gasteiger partial charge on any atom is -0.375 e. The Morgan fingerprint density at radius 3 is 2.61 bits per heavy atom. The maximum absolute atomic E-state index is 11.8. The summed E-state index contributed by atoms with van der Waals surface area (Å²) in [7, 11) is 4.70. The number of methoxy groups -OCH3 is 1. The Hall–Kier alpha value is -1.59. The third kappa shape index (κ3) is 3.72. The smallest absolute Gasteiger partial charge is 0.254 e. The number of nitrogens with zero attached hydrogens (tertiary/aromatic N) is 1. The van der Waals surface area contributed by atoms with Crippen molar-refractivity contribution < 1.29 is 14.3 Å². The van der Waals surface area contributed by atoms with E-state index in [-0.39, 0.29) is 18.4 Å². The molecule has 0 bridgehead atoms. The summed E-state index contributed by atoms with van der Waals surface area (Å²) < 4.78 is 4.70. The summed E-state index contributed by atoms with van der Waals surface area (Å²) in [5, 5.41) is 2.96. The van der Waals surface area contributed by atoms with Crippen molar-refractivity contribution in [3.8, 4) is 0 Å². The number of hydrogen-bond donors (Lipinski definition) is 1. The quantitative estimate of drug-likeness (QED) is 0.905. The molecule has 0 heterocycles.